The Hall–Kier alpha value is -1.82. The van der Waals surface area contributed by atoms with Gasteiger partial charge in [-0.3, -0.25) is 0 Å². The maximum atomic E-state index is 3.82. The zero-order valence-corrected chi connectivity index (χ0v) is 11.7. The van der Waals surface area contributed by atoms with Gasteiger partial charge in [0.2, 0.25) is 0 Å². The molecule has 0 heterocycles. The monoisotopic (exact) mass is 240 g/mol. The lowest BCUT2D eigenvalue weighted by Gasteiger charge is -1.94. The summed E-state index contributed by atoms with van der Waals surface area (Å²) in [6, 6.07) is 10.0. The molecule has 0 unspecified atom stereocenters. The van der Waals surface area contributed by atoms with Gasteiger partial charge >= 0.3 is 0 Å². The van der Waals surface area contributed by atoms with Gasteiger partial charge in [0.15, 0.2) is 0 Å². The third-order valence-electron chi connectivity index (χ3n) is 2.34. The van der Waals surface area contributed by atoms with Gasteiger partial charge in [-0.15, -0.1) is 0 Å². The standard InChI is InChI=1S/C10H16.C8H8/c1-5-10(4)8-6-7-9(2)3;1-2-8-6-4-3-5-7-8/h5,7H,1,4,6,8H2,2-3H3;2-7H,1H2. The maximum absolute atomic E-state index is 3.82. The van der Waals surface area contributed by atoms with E-state index in [1.165, 1.54) is 11.1 Å². The Bertz CT molecular complexity index is 389. The summed E-state index contributed by atoms with van der Waals surface area (Å²) in [6.45, 7) is 15.3. The van der Waals surface area contributed by atoms with Crippen LogP contribution in [0.3, 0.4) is 0 Å². The van der Waals surface area contributed by atoms with E-state index in [0.29, 0.717) is 0 Å². The van der Waals surface area contributed by atoms with Crippen molar-refractivity contribution in [2.45, 2.75) is 26.7 Å². The van der Waals surface area contributed by atoms with Crippen molar-refractivity contribution in [3.8, 4) is 0 Å². The van der Waals surface area contributed by atoms with Crippen LogP contribution in [-0.2, 0) is 0 Å². The van der Waals surface area contributed by atoms with Crippen LogP contribution >= 0.6 is 0 Å². The predicted molar refractivity (Wildman–Crippen MR) is 84.5 cm³/mol. The number of allylic oxidation sites excluding steroid dienone is 4. The van der Waals surface area contributed by atoms with Crippen LogP contribution in [0, 0.1) is 0 Å². The smallest absolute Gasteiger partial charge is 0.0250 e. The van der Waals surface area contributed by atoms with E-state index in [1.54, 1.807) is 0 Å². The van der Waals surface area contributed by atoms with Gasteiger partial charge in [-0.05, 0) is 32.3 Å². The van der Waals surface area contributed by atoms with Gasteiger partial charge in [-0.1, -0.05) is 79.4 Å². The predicted octanol–water partition coefficient (Wildman–Crippen LogP) is 5.80. The highest BCUT2D eigenvalue weighted by Gasteiger charge is 1.84. The molecule has 1 rings (SSSR count). The highest BCUT2D eigenvalue weighted by molar-refractivity contribution is 5.45. The lowest BCUT2D eigenvalue weighted by atomic mass is 10.1. The second-order valence-electron chi connectivity index (χ2n) is 4.30. The van der Waals surface area contributed by atoms with Crippen LogP contribution in [0.25, 0.3) is 6.08 Å². The molecule has 1 aromatic carbocycles. The summed E-state index contributed by atoms with van der Waals surface area (Å²) in [4.78, 5) is 0. The fraction of sp³-hybridized carbons (Fsp3) is 0.222. The van der Waals surface area contributed by atoms with Crippen LogP contribution in [0.5, 0.6) is 0 Å². The van der Waals surface area contributed by atoms with Crippen LogP contribution in [0.2, 0.25) is 0 Å². The van der Waals surface area contributed by atoms with Crippen LogP contribution in [-0.4, -0.2) is 0 Å². The number of hydrogen-bond acceptors (Lipinski definition) is 0. The van der Waals surface area contributed by atoms with E-state index >= 15 is 0 Å². The molecular weight excluding hydrogens is 216 g/mol. The molecule has 0 aliphatic carbocycles. The Kier molecular flexibility index (Phi) is 9.30. The van der Waals surface area contributed by atoms with Crippen LogP contribution < -0.4 is 0 Å². The van der Waals surface area contributed by atoms with E-state index in [2.05, 4.69) is 39.7 Å². The molecule has 0 radical (unpaired) electrons. The third kappa shape index (κ3) is 9.41. The largest absolute Gasteiger partial charge is 0.0988 e. The second kappa shape index (κ2) is 10.3. The molecule has 1 aromatic rings. The van der Waals surface area contributed by atoms with Crippen molar-refractivity contribution in [2.24, 2.45) is 0 Å². The molecule has 96 valence electrons. The summed E-state index contributed by atoms with van der Waals surface area (Å²) < 4.78 is 0. The van der Waals surface area contributed by atoms with Gasteiger partial charge in [0.05, 0.1) is 0 Å². The summed E-state index contributed by atoms with van der Waals surface area (Å²) in [6.07, 6.45) is 8.00. The van der Waals surface area contributed by atoms with E-state index in [9.17, 15) is 0 Å². The van der Waals surface area contributed by atoms with E-state index in [1.807, 2.05) is 42.5 Å². The average Bonchev–Trinajstić information content (AvgIpc) is 2.39. The molecule has 0 spiro atoms. The molecule has 0 aliphatic heterocycles. The van der Waals surface area contributed by atoms with Gasteiger partial charge in [-0.25, -0.2) is 0 Å². The molecule has 0 aliphatic rings. The summed E-state index contributed by atoms with van der Waals surface area (Å²) >= 11 is 0. The Morgan fingerprint density at radius 1 is 1.11 bits per heavy atom. The first-order valence-electron chi connectivity index (χ1n) is 6.21. The molecule has 0 saturated heterocycles. The minimum Gasteiger partial charge on any atom is -0.0988 e. The summed E-state index contributed by atoms with van der Waals surface area (Å²) in [5.74, 6) is 0. The average molecular weight is 240 g/mol. The van der Waals surface area contributed by atoms with E-state index in [4.69, 9.17) is 0 Å². The molecule has 0 aromatic heterocycles. The molecule has 0 fully saturated rings. The van der Waals surface area contributed by atoms with Crippen molar-refractivity contribution in [2.75, 3.05) is 0 Å². The van der Waals surface area contributed by atoms with Gasteiger partial charge in [0.25, 0.3) is 0 Å². The minimum absolute atomic E-state index is 1.04. The van der Waals surface area contributed by atoms with E-state index in [-0.39, 0.29) is 0 Å². The molecule has 0 bridgehead atoms. The van der Waals surface area contributed by atoms with Gasteiger partial charge < -0.3 is 0 Å². The molecule has 0 nitrogen and oxygen atoms in total. The van der Waals surface area contributed by atoms with Crippen LogP contribution in [0.15, 0.2) is 73.4 Å². The van der Waals surface area contributed by atoms with Gasteiger partial charge in [0, 0.05) is 0 Å². The van der Waals surface area contributed by atoms with Crippen molar-refractivity contribution in [1.29, 1.82) is 0 Å². The lowest BCUT2D eigenvalue weighted by molar-refractivity contribution is 0.999. The first-order chi connectivity index (χ1) is 8.60. The Morgan fingerprint density at radius 3 is 2.11 bits per heavy atom. The topological polar surface area (TPSA) is 0 Å². The molecular formula is C18H24. The minimum atomic E-state index is 1.04. The van der Waals surface area contributed by atoms with E-state index in [0.717, 1.165) is 18.4 Å². The molecule has 0 atom stereocenters. The highest BCUT2D eigenvalue weighted by Crippen LogP contribution is 2.05. The number of rotatable bonds is 5. The van der Waals surface area contributed by atoms with Gasteiger partial charge in [0.1, 0.15) is 0 Å². The second-order valence-corrected chi connectivity index (χ2v) is 4.30. The SMILES string of the molecule is C=CC(=C)CCC=C(C)C.C=Cc1ccccc1. The Balaban J connectivity index is 0.000000327. The fourth-order valence-corrected chi connectivity index (χ4v) is 1.24. The maximum Gasteiger partial charge on any atom is -0.0250 e. The van der Waals surface area contributed by atoms with Crippen molar-refractivity contribution < 1.29 is 0 Å². The van der Waals surface area contributed by atoms with Crippen molar-refractivity contribution >= 4 is 6.08 Å². The molecule has 0 amide bonds. The lowest BCUT2D eigenvalue weighted by Crippen LogP contribution is -1.74. The van der Waals surface area contributed by atoms with Crippen molar-refractivity contribution in [3.05, 3.63) is 78.9 Å². The van der Waals surface area contributed by atoms with Crippen LogP contribution in [0.1, 0.15) is 32.3 Å². The highest BCUT2D eigenvalue weighted by atomic mass is 13.9. The van der Waals surface area contributed by atoms with Crippen molar-refractivity contribution in [1.82, 2.24) is 0 Å². The first-order valence-corrected chi connectivity index (χ1v) is 6.21. The zero-order chi connectivity index (χ0) is 13.8. The Morgan fingerprint density at radius 2 is 1.72 bits per heavy atom. The molecule has 18 heavy (non-hydrogen) atoms. The molecule has 0 heteroatoms. The first kappa shape index (κ1) is 16.2. The normalized spacial score (nSPS) is 8.56. The van der Waals surface area contributed by atoms with Crippen LogP contribution in [0.4, 0.5) is 0 Å². The van der Waals surface area contributed by atoms with Gasteiger partial charge in [-0.2, -0.15) is 0 Å². The molecule has 0 N–H and O–H groups in total. The summed E-state index contributed by atoms with van der Waals surface area (Å²) in [5, 5.41) is 0. The van der Waals surface area contributed by atoms with Crippen molar-refractivity contribution in [3.63, 3.8) is 0 Å². The summed E-state index contributed by atoms with van der Waals surface area (Å²) in [5.41, 5.74) is 3.67. The number of hydrogen-bond donors (Lipinski definition) is 0. The number of benzene rings is 1. The fourth-order valence-electron chi connectivity index (χ4n) is 1.24. The Labute approximate surface area is 112 Å². The zero-order valence-electron chi connectivity index (χ0n) is 11.7. The quantitative estimate of drug-likeness (QED) is 0.450. The van der Waals surface area contributed by atoms with E-state index < -0.39 is 0 Å². The summed E-state index contributed by atoms with van der Waals surface area (Å²) in [7, 11) is 0. The molecule has 0 saturated carbocycles. The third-order valence-corrected chi connectivity index (χ3v) is 2.34.